The van der Waals surface area contributed by atoms with Crippen LogP contribution in [0.2, 0.25) is 0 Å². The highest BCUT2D eigenvalue weighted by atomic mass is 16.3. The van der Waals surface area contributed by atoms with E-state index < -0.39 is 0 Å². The van der Waals surface area contributed by atoms with E-state index in [1.54, 1.807) is 0 Å². The Balaban J connectivity index is 1.42. The molecule has 0 aliphatic heterocycles. The number of nitrogens with zero attached hydrogens (tertiary/aromatic N) is 2. The lowest BCUT2D eigenvalue weighted by Crippen LogP contribution is -2.38. The molecule has 0 spiro atoms. The zero-order valence-electron chi connectivity index (χ0n) is 19.4. The van der Waals surface area contributed by atoms with Gasteiger partial charge in [-0.2, -0.15) is 5.10 Å². The lowest BCUT2D eigenvalue weighted by molar-refractivity contribution is -0.123. The quantitative estimate of drug-likeness (QED) is 0.542. The fourth-order valence-electron chi connectivity index (χ4n) is 5.49. The number of nitrogens with one attached hydrogen (secondary N) is 2. The maximum absolute atomic E-state index is 13.2. The van der Waals surface area contributed by atoms with Gasteiger partial charge in [-0.3, -0.25) is 9.89 Å². The molecule has 1 amide bonds. The van der Waals surface area contributed by atoms with Gasteiger partial charge in [0.15, 0.2) is 0 Å². The summed E-state index contributed by atoms with van der Waals surface area (Å²) in [4.78, 5) is 18.6. The monoisotopic (exact) mass is 434 g/mol. The van der Waals surface area contributed by atoms with Crippen molar-refractivity contribution >= 4 is 22.5 Å². The van der Waals surface area contributed by atoms with Crippen molar-refractivity contribution in [1.29, 1.82) is 0 Å². The number of rotatable bonds is 4. The zero-order valence-corrected chi connectivity index (χ0v) is 19.4. The standard InChI is InChI=1S/C26H34N4O2/c1-4-30(25(32)16-6-9-19(31)10-7-16)18-8-5-17-13-22(27-21(17)14-18)24-20-11-12-26(2,3)15-23(20)28-29-24/h5,8,13-14,16,19,27,31H,4,6-7,9-12,15H2,1-3H3,(H,28,29)/t16-,19+. The van der Waals surface area contributed by atoms with E-state index in [1.807, 2.05) is 17.9 Å². The van der Waals surface area contributed by atoms with Gasteiger partial charge in [0.2, 0.25) is 5.91 Å². The van der Waals surface area contributed by atoms with E-state index in [2.05, 4.69) is 47.2 Å². The molecule has 6 nitrogen and oxygen atoms in total. The second kappa shape index (κ2) is 8.07. The van der Waals surface area contributed by atoms with E-state index >= 15 is 0 Å². The van der Waals surface area contributed by atoms with Crippen LogP contribution in [-0.4, -0.2) is 38.8 Å². The van der Waals surface area contributed by atoms with Gasteiger partial charge in [-0.15, -0.1) is 0 Å². The number of aromatic amines is 2. The van der Waals surface area contributed by atoms with Crippen molar-refractivity contribution in [3.63, 3.8) is 0 Å². The van der Waals surface area contributed by atoms with E-state index in [0.717, 1.165) is 66.5 Å². The minimum Gasteiger partial charge on any atom is -0.393 e. The first-order chi connectivity index (χ1) is 15.3. The van der Waals surface area contributed by atoms with Gasteiger partial charge in [0, 0.05) is 40.3 Å². The second-order valence-corrected chi connectivity index (χ2v) is 10.4. The molecule has 0 atom stereocenters. The summed E-state index contributed by atoms with van der Waals surface area (Å²) in [7, 11) is 0. The first-order valence-corrected chi connectivity index (χ1v) is 12.0. The van der Waals surface area contributed by atoms with Crippen LogP contribution in [0.25, 0.3) is 22.3 Å². The summed E-state index contributed by atoms with van der Waals surface area (Å²) in [6.45, 7) is 7.30. The van der Waals surface area contributed by atoms with Crippen LogP contribution in [-0.2, 0) is 17.6 Å². The van der Waals surface area contributed by atoms with Gasteiger partial charge in [-0.05, 0) is 75.5 Å². The maximum Gasteiger partial charge on any atom is 0.230 e. The third-order valence-corrected chi connectivity index (χ3v) is 7.46. The lowest BCUT2D eigenvalue weighted by Gasteiger charge is -2.30. The number of amides is 1. The average Bonchev–Trinajstić information content (AvgIpc) is 3.36. The summed E-state index contributed by atoms with van der Waals surface area (Å²) in [5.41, 5.74) is 6.92. The van der Waals surface area contributed by atoms with Crippen LogP contribution in [0.5, 0.6) is 0 Å². The van der Waals surface area contributed by atoms with Gasteiger partial charge >= 0.3 is 0 Å². The number of carbonyl (C=O) groups is 1. The number of hydrogen-bond donors (Lipinski definition) is 3. The molecular weight excluding hydrogens is 400 g/mol. The van der Waals surface area contributed by atoms with Crippen molar-refractivity contribution in [2.24, 2.45) is 11.3 Å². The molecule has 1 saturated carbocycles. The summed E-state index contributed by atoms with van der Waals surface area (Å²) in [6, 6.07) is 8.38. The summed E-state index contributed by atoms with van der Waals surface area (Å²) in [5, 5.41) is 18.8. The van der Waals surface area contributed by atoms with E-state index in [1.165, 1.54) is 17.7 Å². The molecule has 2 aliphatic carbocycles. The summed E-state index contributed by atoms with van der Waals surface area (Å²) in [5.74, 6) is 0.183. The van der Waals surface area contributed by atoms with Gasteiger partial charge in [0.25, 0.3) is 0 Å². The number of anilines is 1. The Morgan fingerprint density at radius 2 is 2.00 bits per heavy atom. The van der Waals surface area contributed by atoms with Crippen LogP contribution in [0, 0.1) is 11.3 Å². The van der Waals surface area contributed by atoms with Crippen LogP contribution in [0.1, 0.15) is 64.1 Å². The fraction of sp³-hybridized carbons (Fsp3) is 0.538. The molecule has 6 heteroatoms. The molecule has 32 heavy (non-hydrogen) atoms. The van der Waals surface area contributed by atoms with E-state index in [0.29, 0.717) is 12.0 Å². The number of fused-ring (bicyclic) bond motifs is 2. The van der Waals surface area contributed by atoms with Gasteiger partial charge in [-0.25, -0.2) is 0 Å². The van der Waals surface area contributed by atoms with E-state index in [4.69, 9.17) is 0 Å². The molecular formula is C26H34N4O2. The van der Waals surface area contributed by atoms with Crippen LogP contribution in [0.4, 0.5) is 5.69 Å². The SMILES string of the molecule is CCN(c1ccc2cc(-c3n[nH]c4c3CCC(C)(C)C4)[nH]c2c1)C(=O)[C@H]1CC[C@@H](O)CC1. The van der Waals surface area contributed by atoms with Gasteiger partial charge in [-0.1, -0.05) is 19.9 Å². The Kier molecular flexibility index (Phi) is 5.36. The normalized spacial score (nSPS) is 22.6. The van der Waals surface area contributed by atoms with Crippen molar-refractivity contribution in [2.75, 3.05) is 11.4 Å². The number of aromatic nitrogens is 3. The molecule has 3 N–H and O–H groups in total. The molecule has 2 aliphatic rings. The van der Waals surface area contributed by atoms with Crippen molar-refractivity contribution in [1.82, 2.24) is 15.2 Å². The predicted octanol–water partition coefficient (Wildman–Crippen LogP) is 4.98. The summed E-state index contributed by atoms with van der Waals surface area (Å²) >= 11 is 0. The topological polar surface area (TPSA) is 85.0 Å². The second-order valence-electron chi connectivity index (χ2n) is 10.4. The minimum atomic E-state index is -0.248. The summed E-state index contributed by atoms with van der Waals surface area (Å²) in [6.07, 6.45) is 5.98. The lowest BCUT2D eigenvalue weighted by atomic mass is 9.76. The number of aliphatic hydroxyl groups is 1. The van der Waals surface area contributed by atoms with Crippen molar-refractivity contribution < 1.29 is 9.90 Å². The third kappa shape index (κ3) is 3.85. The highest BCUT2D eigenvalue weighted by molar-refractivity contribution is 5.98. The van der Waals surface area contributed by atoms with Crippen LogP contribution < -0.4 is 4.90 Å². The number of hydrogen-bond acceptors (Lipinski definition) is 3. The van der Waals surface area contributed by atoms with Crippen LogP contribution >= 0.6 is 0 Å². The van der Waals surface area contributed by atoms with Crippen LogP contribution in [0.3, 0.4) is 0 Å². The Labute approximate surface area is 189 Å². The Morgan fingerprint density at radius 3 is 2.75 bits per heavy atom. The highest BCUT2D eigenvalue weighted by Crippen LogP contribution is 2.38. The van der Waals surface area contributed by atoms with Crippen molar-refractivity contribution in [3.8, 4) is 11.4 Å². The third-order valence-electron chi connectivity index (χ3n) is 7.46. The zero-order chi connectivity index (χ0) is 22.5. The molecule has 0 saturated heterocycles. The van der Waals surface area contributed by atoms with Crippen molar-refractivity contribution in [2.45, 2.75) is 71.8 Å². The minimum absolute atomic E-state index is 0.00748. The number of benzene rings is 1. The Hall–Kier alpha value is -2.60. The van der Waals surface area contributed by atoms with Gasteiger partial charge < -0.3 is 15.0 Å². The molecule has 1 aromatic carbocycles. The molecule has 2 heterocycles. The first-order valence-electron chi connectivity index (χ1n) is 12.0. The molecule has 1 fully saturated rings. The van der Waals surface area contributed by atoms with E-state index in [-0.39, 0.29) is 17.9 Å². The molecule has 170 valence electrons. The van der Waals surface area contributed by atoms with Crippen molar-refractivity contribution in [3.05, 3.63) is 35.5 Å². The molecule has 3 aromatic rings. The highest BCUT2D eigenvalue weighted by Gasteiger charge is 2.30. The molecule has 0 unspecified atom stereocenters. The smallest absolute Gasteiger partial charge is 0.230 e. The average molecular weight is 435 g/mol. The first kappa shape index (κ1) is 21.3. The molecule has 5 rings (SSSR count). The fourth-order valence-corrected chi connectivity index (χ4v) is 5.49. The maximum atomic E-state index is 13.2. The largest absolute Gasteiger partial charge is 0.393 e. The van der Waals surface area contributed by atoms with Gasteiger partial charge in [0.1, 0.15) is 5.69 Å². The molecule has 0 bridgehead atoms. The van der Waals surface area contributed by atoms with Crippen LogP contribution in [0.15, 0.2) is 24.3 Å². The number of aliphatic hydroxyl groups excluding tert-OH is 1. The number of H-pyrrole nitrogens is 2. The van der Waals surface area contributed by atoms with Gasteiger partial charge in [0.05, 0.1) is 11.8 Å². The Bertz CT molecular complexity index is 1130. The Morgan fingerprint density at radius 1 is 1.22 bits per heavy atom. The summed E-state index contributed by atoms with van der Waals surface area (Å²) < 4.78 is 0. The molecule has 0 radical (unpaired) electrons. The number of carbonyl (C=O) groups excluding carboxylic acids is 1. The predicted molar refractivity (Wildman–Crippen MR) is 128 cm³/mol. The van der Waals surface area contributed by atoms with E-state index in [9.17, 15) is 9.90 Å². The molecule has 2 aromatic heterocycles.